The van der Waals surface area contributed by atoms with Crippen molar-refractivity contribution in [3.63, 3.8) is 0 Å². The molecule has 0 unspecified atom stereocenters. The van der Waals surface area contributed by atoms with Crippen LogP contribution in [-0.4, -0.2) is 22.8 Å². The molecule has 1 aromatic carbocycles. The highest BCUT2D eigenvalue weighted by Crippen LogP contribution is 2.14. The topological polar surface area (TPSA) is 54.2 Å². The van der Waals surface area contributed by atoms with Gasteiger partial charge in [-0.25, -0.2) is 0 Å². The maximum absolute atomic E-state index is 6.12. The lowest BCUT2D eigenvalue weighted by atomic mass is 10.2. The fraction of sp³-hybridized carbons (Fsp3) is 0.286. The van der Waals surface area contributed by atoms with Crippen molar-refractivity contribution in [2.75, 3.05) is 7.05 Å². The number of aliphatic imine (C=N–C) groups is 1. The van der Waals surface area contributed by atoms with E-state index in [1.807, 2.05) is 43.7 Å². The maximum atomic E-state index is 6.12. The first kappa shape index (κ1) is 17.8. The second-order valence-corrected chi connectivity index (χ2v) is 4.80. The summed E-state index contributed by atoms with van der Waals surface area (Å²) in [5.74, 6) is 0.730. The maximum Gasteiger partial charge on any atom is 0.191 e. The van der Waals surface area contributed by atoms with E-state index in [-0.39, 0.29) is 24.0 Å². The van der Waals surface area contributed by atoms with Crippen molar-refractivity contribution in [3.05, 3.63) is 52.8 Å². The van der Waals surface area contributed by atoms with Crippen molar-refractivity contribution in [1.29, 1.82) is 0 Å². The number of hydrogen-bond donors (Lipinski definition) is 2. The lowest BCUT2D eigenvalue weighted by Crippen LogP contribution is -2.36. The van der Waals surface area contributed by atoms with E-state index >= 15 is 0 Å². The highest BCUT2D eigenvalue weighted by Gasteiger charge is 2.02. The minimum absolute atomic E-state index is 0. The van der Waals surface area contributed by atoms with Gasteiger partial charge in [0.1, 0.15) is 0 Å². The Bertz CT molecular complexity index is 597. The average Bonchev–Trinajstić information content (AvgIpc) is 2.86. The van der Waals surface area contributed by atoms with Gasteiger partial charge >= 0.3 is 0 Å². The summed E-state index contributed by atoms with van der Waals surface area (Å²) in [6, 6.07) is 7.75. The Labute approximate surface area is 146 Å². The average molecular weight is 420 g/mol. The van der Waals surface area contributed by atoms with E-state index in [1.165, 1.54) is 0 Å². The highest BCUT2D eigenvalue weighted by atomic mass is 127. The van der Waals surface area contributed by atoms with Gasteiger partial charge in [0.05, 0.1) is 6.20 Å². The lowest BCUT2D eigenvalue weighted by molar-refractivity contribution is 0.765. The van der Waals surface area contributed by atoms with Crippen molar-refractivity contribution in [3.8, 4) is 0 Å². The second kappa shape index (κ2) is 8.89. The molecular formula is C14H19ClIN5. The SMILES string of the molecule is CN=C(NCc1cnn(C)c1)NCc1ccccc1Cl.I. The Morgan fingerprint density at radius 2 is 2.00 bits per heavy atom. The molecule has 2 rings (SSSR count). The molecule has 2 N–H and O–H groups in total. The van der Waals surface area contributed by atoms with Crippen LogP contribution in [0.1, 0.15) is 11.1 Å². The Morgan fingerprint density at radius 3 is 2.62 bits per heavy atom. The molecule has 7 heteroatoms. The number of aryl methyl sites for hydroxylation is 1. The summed E-state index contributed by atoms with van der Waals surface area (Å²) in [5.41, 5.74) is 2.15. The van der Waals surface area contributed by atoms with E-state index in [9.17, 15) is 0 Å². The Morgan fingerprint density at radius 1 is 1.29 bits per heavy atom. The van der Waals surface area contributed by atoms with Crippen LogP contribution in [0.2, 0.25) is 5.02 Å². The first-order valence-electron chi connectivity index (χ1n) is 6.34. The summed E-state index contributed by atoms with van der Waals surface area (Å²) in [7, 11) is 3.64. The molecule has 0 spiro atoms. The van der Waals surface area contributed by atoms with Crippen molar-refractivity contribution < 1.29 is 0 Å². The molecule has 0 radical (unpaired) electrons. The third kappa shape index (κ3) is 5.55. The van der Waals surface area contributed by atoms with Gasteiger partial charge in [-0.05, 0) is 11.6 Å². The van der Waals surface area contributed by atoms with E-state index in [0.29, 0.717) is 13.1 Å². The minimum Gasteiger partial charge on any atom is -0.352 e. The third-order valence-corrected chi connectivity index (χ3v) is 3.21. The fourth-order valence-corrected chi connectivity index (χ4v) is 1.99. The molecule has 1 aromatic heterocycles. The highest BCUT2D eigenvalue weighted by molar-refractivity contribution is 14.0. The summed E-state index contributed by atoms with van der Waals surface area (Å²) in [6.45, 7) is 1.31. The number of nitrogens with one attached hydrogen (secondary N) is 2. The zero-order chi connectivity index (χ0) is 14.4. The van der Waals surface area contributed by atoms with Crippen LogP contribution < -0.4 is 10.6 Å². The monoisotopic (exact) mass is 419 g/mol. The quantitative estimate of drug-likeness (QED) is 0.455. The standard InChI is InChI=1S/C14H18ClN5.HI/c1-16-14(17-7-11-8-19-20(2)10-11)18-9-12-5-3-4-6-13(12)15;/h3-6,8,10H,7,9H2,1-2H3,(H2,16,17,18);1H. The van der Waals surface area contributed by atoms with Crippen molar-refractivity contribution >= 4 is 41.5 Å². The first-order chi connectivity index (χ1) is 9.69. The summed E-state index contributed by atoms with van der Waals surface area (Å²) >= 11 is 6.12. The molecule has 0 saturated carbocycles. The van der Waals surface area contributed by atoms with E-state index in [2.05, 4.69) is 20.7 Å². The van der Waals surface area contributed by atoms with Gasteiger partial charge in [0.15, 0.2) is 5.96 Å². The molecule has 2 aromatic rings. The van der Waals surface area contributed by atoms with Crippen LogP contribution in [0, 0.1) is 0 Å². The van der Waals surface area contributed by atoms with Crippen LogP contribution in [0.3, 0.4) is 0 Å². The molecule has 114 valence electrons. The molecule has 0 saturated heterocycles. The third-order valence-electron chi connectivity index (χ3n) is 2.85. The Hall–Kier alpha value is -1.28. The number of benzene rings is 1. The van der Waals surface area contributed by atoms with Crippen LogP contribution in [0.5, 0.6) is 0 Å². The van der Waals surface area contributed by atoms with Gasteiger partial charge in [-0.15, -0.1) is 24.0 Å². The van der Waals surface area contributed by atoms with Crippen LogP contribution in [0.4, 0.5) is 0 Å². The first-order valence-corrected chi connectivity index (χ1v) is 6.72. The smallest absolute Gasteiger partial charge is 0.191 e. The van der Waals surface area contributed by atoms with Gasteiger partial charge in [-0.3, -0.25) is 9.67 Å². The summed E-state index contributed by atoms with van der Waals surface area (Å²) in [4.78, 5) is 4.18. The van der Waals surface area contributed by atoms with Gasteiger partial charge in [0.25, 0.3) is 0 Å². The number of halogens is 2. The zero-order valence-corrected chi connectivity index (χ0v) is 15.1. The van der Waals surface area contributed by atoms with Gasteiger partial charge in [0.2, 0.25) is 0 Å². The number of hydrogen-bond acceptors (Lipinski definition) is 2. The molecule has 0 fully saturated rings. The summed E-state index contributed by atoms with van der Waals surface area (Å²) < 4.78 is 1.77. The zero-order valence-electron chi connectivity index (χ0n) is 12.0. The second-order valence-electron chi connectivity index (χ2n) is 4.39. The minimum atomic E-state index is 0. The Balaban J connectivity index is 0.00000220. The molecule has 0 aliphatic carbocycles. The summed E-state index contributed by atoms with van der Waals surface area (Å²) in [6.07, 6.45) is 3.79. The number of rotatable bonds is 4. The van der Waals surface area contributed by atoms with Crippen LogP contribution in [0.25, 0.3) is 0 Å². The molecule has 0 aliphatic heterocycles. The van der Waals surface area contributed by atoms with Crippen LogP contribution >= 0.6 is 35.6 Å². The molecule has 21 heavy (non-hydrogen) atoms. The van der Waals surface area contributed by atoms with Gasteiger partial charge < -0.3 is 10.6 Å². The number of aromatic nitrogens is 2. The lowest BCUT2D eigenvalue weighted by Gasteiger charge is -2.12. The van der Waals surface area contributed by atoms with Crippen molar-refractivity contribution in [2.45, 2.75) is 13.1 Å². The predicted octanol–water partition coefficient (Wildman–Crippen LogP) is 2.56. The van der Waals surface area contributed by atoms with Crippen molar-refractivity contribution in [1.82, 2.24) is 20.4 Å². The molecule has 1 heterocycles. The van der Waals surface area contributed by atoms with Gasteiger partial charge in [0, 0.05) is 44.0 Å². The van der Waals surface area contributed by atoms with E-state index in [4.69, 9.17) is 11.6 Å². The van der Waals surface area contributed by atoms with Crippen LogP contribution in [-0.2, 0) is 20.1 Å². The Kier molecular flexibility index (Phi) is 7.52. The molecule has 0 aliphatic rings. The van der Waals surface area contributed by atoms with E-state index in [0.717, 1.165) is 22.1 Å². The number of guanidine groups is 1. The van der Waals surface area contributed by atoms with Crippen molar-refractivity contribution in [2.24, 2.45) is 12.0 Å². The molecular weight excluding hydrogens is 401 g/mol. The van der Waals surface area contributed by atoms with Gasteiger partial charge in [-0.2, -0.15) is 5.10 Å². The number of nitrogens with zero attached hydrogens (tertiary/aromatic N) is 3. The largest absolute Gasteiger partial charge is 0.352 e. The van der Waals surface area contributed by atoms with Crippen LogP contribution in [0.15, 0.2) is 41.7 Å². The normalized spacial score (nSPS) is 10.9. The molecule has 0 atom stereocenters. The van der Waals surface area contributed by atoms with E-state index < -0.39 is 0 Å². The predicted molar refractivity (Wildman–Crippen MR) is 97.1 cm³/mol. The molecule has 5 nitrogen and oxygen atoms in total. The molecule has 0 bridgehead atoms. The summed E-state index contributed by atoms with van der Waals surface area (Å²) in [5, 5.41) is 11.3. The van der Waals surface area contributed by atoms with E-state index in [1.54, 1.807) is 11.7 Å². The molecule has 0 amide bonds. The fourth-order valence-electron chi connectivity index (χ4n) is 1.79. The van der Waals surface area contributed by atoms with Gasteiger partial charge in [-0.1, -0.05) is 29.8 Å².